The number of hydrogen-bond acceptors (Lipinski definition) is 4. The molecule has 2 aromatic carbocycles. The van der Waals surface area contributed by atoms with Crippen LogP contribution in [0.2, 0.25) is 0 Å². The van der Waals surface area contributed by atoms with E-state index in [-0.39, 0.29) is 17.6 Å². The smallest absolute Gasteiger partial charge is 0.244 e. The lowest BCUT2D eigenvalue weighted by Crippen LogP contribution is -2.49. The summed E-state index contributed by atoms with van der Waals surface area (Å²) in [4.78, 5) is 13.0. The number of nitrogens with one attached hydrogen (secondary N) is 1. The molecular formula is C22H29FN2O4S. The van der Waals surface area contributed by atoms with Gasteiger partial charge in [0.05, 0.1) is 25.1 Å². The van der Waals surface area contributed by atoms with Crippen LogP contribution in [0.25, 0.3) is 0 Å². The highest BCUT2D eigenvalue weighted by molar-refractivity contribution is 7.92. The van der Waals surface area contributed by atoms with Crippen LogP contribution in [0.4, 0.5) is 10.1 Å². The minimum absolute atomic E-state index is 0.160. The molecule has 2 atom stereocenters. The quantitative estimate of drug-likeness (QED) is 0.647. The number of halogens is 1. The van der Waals surface area contributed by atoms with E-state index in [9.17, 15) is 17.6 Å². The van der Waals surface area contributed by atoms with E-state index in [0.717, 1.165) is 22.2 Å². The molecule has 164 valence electrons. The van der Waals surface area contributed by atoms with Crippen LogP contribution in [0.3, 0.4) is 0 Å². The first-order valence-corrected chi connectivity index (χ1v) is 11.6. The largest absolute Gasteiger partial charge is 0.497 e. The molecule has 0 aliphatic carbocycles. The van der Waals surface area contributed by atoms with Gasteiger partial charge < -0.3 is 10.1 Å². The molecule has 0 aliphatic heterocycles. The van der Waals surface area contributed by atoms with E-state index < -0.39 is 27.8 Å². The fraction of sp³-hybridized carbons (Fsp3) is 0.409. The molecule has 0 unspecified atom stereocenters. The molecule has 0 aromatic heterocycles. The van der Waals surface area contributed by atoms with Crippen molar-refractivity contribution in [2.75, 3.05) is 17.7 Å². The summed E-state index contributed by atoms with van der Waals surface area (Å²) in [6, 6.07) is 11.4. The molecular weight excluding hydrogens is 407 g/mol. The van der Waals surface area contributed by atoms with Crippen LogP contribution < -0.4 is 14.4 Å². The van der Waals surface area contributed by atoms with Crippen LogP contribution in [-0.2, 0) is 14.8 Å². The number of para-hydroxylation sites is 1. The monoisotopic (exact) mass is 436 g/mol. The van der Waals surface area contributed by atoms with Gasteiger partial charge in [-0.05, 0) is 49.1 Å². The maximum Gasteiger partial charge on any atom is 0.244 e. The van der Waals surface area contributed by atoms with Gasteiger partial charge >= 0.3 is 0 Å². The number of anilines is 1. The Bertz CT molecular complexity index is 961. The number of benzene rings is 2. The van der Waals surface area contributed by atoms with E-state index in [4.69, 9.17) is 4.74 Å². The summed E-state index contributed by atoms with van der Waals surface area (Å²) in [5, 5.41) is 2.94. The molecule has 6 nitrogen and oxygen atoms in total. The summed E-state index contributed by atoms with van der Waals surface area (Å²) in [7, 11) is -2.33. The maximum atomic E-state index is 14.3. The number of hydrogen-bond donors (Lipinski definition) is 1. The van der Waals surface area contributed by atoms with Gasteiger partial charge in [0.2, 0.25) is 15.9 Å². The number of nitrogens with zero attached hydrogens (tertiary/aromatic N) is 1. The molecule has 2 aromatic rings. The van der Waals surface area contributed by atoms with E-state index in [2.05, 4.69) is 5.32 Å². The molecule has 0 saturated heterocycles. The Kier molecular flexibility index (Phi) is 7.83. The highest BCUT2D eigenvalue weighted by Crippen LogP contribution is 2.27. The molecule has 1 N–H and O–H groups in total. The van der Waals surface area contributed by atoms with Crippen molar-refractivity contribution in [1.29, 1.82) is 0 Å². The predicted molar refractivity (Wildman–Crippen MR) is 117 cm³/mol. The topological polar surface area (TPSA) is 75.7 Å². The Balaban J connectivity index is 2.32. The minimum atomic E-state index is -3.90. The van der Waals surface area contributed by atoms with Crippen LogP contribution >= 0.6 is 0 Å². The van der Waals surface area contributed by atoms with Gasteiger partial charge in [0.1, 0.15) is 17.6 Å². The van der Waals surface area contributed by atoms with Crippen LogP contribution in [0.1, 0.15) is 38.8 Å². The number of ether oxygens (including phenoxy) is 1. The predicted octanol–water partition coefficient (Wildman–Crippen LogP) is 3.89. The first-order chi connectivity index (χ1) is 14.0. The Labute approximate surface area is 178 Å². The van der Waals surface area contributed by atoms with Gasteiger partial charge in [-0.25, -0.2) is 12.8 Å². The Morgan fingerprint density at radius 1 is 1.10 bits per heavy atom. The molecule has 0 saturated carbocycles. The third-order valence-corrected chi connectivity index (χ3v) is 5.95. The second kappa shape index (κ2) is 9.93. The lowest BCUT2D eigenvalue weighted by molar-refractivity contribution is -0.122. The van der Waals surface area contributed by atoms with Crippen LogP contribution in [0.5, 0.6) is 5.75 Å². The number of sulfonamides is 1. The number of methoxy groups -OCH3 is 1. The number of carbonyl (C=O) groups is 1. The molecule has 8 heteroatoms. The van der Waals surface area contributed by atoms with Crippen LogP contribution in [-0.4, -0.2) is 33.7 Å². The van der Waals surface area contributed by atoms with Crippen molar-refractivity contribution in [3.63, 3.8) is 0 Å². The van der Waals surface area contributed by atoms with Crippen molar-refractivity contribution in [2.45, 2.75) is 39.3 Å². The van der Waals surface area contributed by atoms with E-state index in [1.54, 1.807) is 19.2 Å². The van der Waals surface area contributed by atoms with Gasteiger partial charge in [0, 0.05) is 0 Å². The number of carbonyl (C=O) groups excluding carboxylic acids is 1. The Morgan fingerprint density at radius 2 is 1.70 bits per heavy atom. The van der Waals surface area contributed by atoms with Crippen molar-refractivity contribution < 1.29 is 22.3 Å². The maximum absolute atomic E-state index is 14.3. The summed E-state index contributed by atoms with van der Waals surface area (Å²) in [5.41, 5.74) is 0.717. The van der Waals surface area contributed by atoms with Crippen molar-refractivity contribution in [3.05, 3.63) is 59.9 Å². The molecule has 0 bridgehead atoms. The summed E-state index contributed by atoms with van der Waals surface area (Å²) >= 11 is 0. The first-order valence-electron chi connectivity index (χ1n) is 9.72. The number of amides is 1. The molecule has 0 radical (unpaired) electrons. The SMILES string of the molecule is COc1ccc([C@@H](CC(C)C)NC(=O)[C@H](C)N(c2ccccc2F)S(C)(=O)=O)cc1. The normalized spacial score (nSPS) is 13.6. The molecule has 0 heterocycles. The third kappa shape index (κ3) is 5.95. The summed E-state index contributed by atoms with van der Waals surface area (Å²) in [6.07, 6.45) is 1.61. The van der Waals surface area contributed by atoms with Crippen LogP contribution in [0, 0.1) is 11.7 Å². The van der Waals surface area contributed by atoms with Crippen molar-refractivity contribution in [1.82, 2.24) is 5.32 Å². The lowest BCUT2D eigenvalue weighted by atomic mass is 9.96. The highest BCUT2D eigenvalue weighted by Gasteiger charge is 2.32. The van der Waals surface area contributed by atoms with E-state index in [0.29, 0.717) is 12.2 Å². The molecule has 30 heavy (non-hydrogen) atoms. The van der Waals surface area contributed by atoms with Gasteiger partial charge in [-0.1, -0.05) is 38.1 Å². The van der Waals surface area contributed by atoms with Gasteiger partial charge in [-0.2, -0.15) is 0 Å². The zero-order valence-corrected chi connectivity index (χ0v) is 18.7. The first kappa shape index (κ1) is 23.7. The molecule has 1 amide bonds. The summed E-state index contributed by atoms with van der Waals surface area (Å²) in [6.45, 7) is 5.52. The van der Waals surface area contributed by atoms with E-state index in [1.807, 2.05) is 26.0 Å². The van der Waals surface area contributed by atoms with Gasteiger partial charge in [0.25, 0.3) is 0 Å². The summed E-state index contributed by atoms with van der Waals surface area (Å²) < 4.78 is 45.1. The van der Waals surface area contributed by atoms with E-state index in [1.165, 1.54) is 25.1 Å². The third-order valence-electron chi connectivity index (χ3n) is 4.72. The Morgan fingerprint density at radius 3 is 2.20 bits per heavy atom. The fourth-order valence-electron chi connectivity index (χ4n) is 3.29. The fourth-order valence-corrected chi connectivity index (χ4v) is 4.47. The Hall–Kier alpha value is -2.61. The highest BCUT2D eigenvalue weighted by atomic mass is 32.2. The van der Waals surface area contributed by atoms with Gasteiger partial charge in [-0.3, -0.25) is 9.10 Å². The number of rotatable bonds is 9. The average molecular weight is 437 g/mol. The van der Waals surface area contributed by atoms with Gasteiger partial charge in [-0.15, -0.1) is 0 Å². The van der Waals surface area contributed by atoms with Crippen molar-refractivity contribution in [2.24, 2.45) is 5.92 Å². The zero-order chi connectivity index (χ0) is 22.5. The molecule has 0 aliphatic rings. The van der Waals surface area contributed by atoms with Gasteiger partial charge in [0.15, 0.2) is 0 Å². The zero-order valence-electron chi connectivity index (χ0n) is 17.9. The second-order valence-corrected chi connectivity index (χ2v) is 9.51. The van der Waals surface area contributed by atoms with Crippen molar-refractivity contribution in [3.8, 4) is 5.75 Å². The lowest BCUT2D eigenvalue weighted by Gasteiger charge is -2.30. The molecule has 0 spiro atoms. The summed E-state index contributed by atoms with van der Waals surface area (Å²) in [5.74, 6) is -0.239. The molecule has 2 rings (SSSR count). The molecule has 0 fully saturated rings. The minimum Gasteiger partial charge on any atom is -0.497 e. The van der Waals surface area contributed by atoms with Crippen molar-refractivity contribution >= 4 is 21.6 Å². The standard InChI is InChI=1S/C22H29FN2O4S/c1-15(2)14-20(17-10-12-18(29-4)13-11-17)24-22(26)16(3)25(30(5,27)28)21-9-7-6-8-19(21)23/h6-13,15-16,20H,14H2,1-5H3,(H,24,26)/t16-,20+/m0/s1. The van der Waals surface area contributed by atoms with E-state index >= 15 is 0 Å². The van der Waals surface area contributed by atoms with Crippen LogP contribution in [0.15, 0.2) is 48.5 Å². The average Bonchev–Trinajstić information content (AvgIpc) is 2.67. The second-order valence-electron chi connectivity index (χ2n) is 7.65.